The number of phenols is 1. The number of amides is 1. The van der Waals surface area contributed by atoms with E-state index in [4.69, 9.17) is 0 Å². The molecule has 0 bridgehead atoms. The predicted octanol–water partition coefficient (Wildman–Crippen LogP) is 2.23. The Labute approximate surface area is 172 Å². The molecule has 6 heteroatoms. The van der Waals surface area contributed by atoms with Crippen molar-refractivity contribution in [2.45, 2.75) is 56.8 Å². The number of carbonyl (C=O) groups is 1. The molecule has 3 N–H and O–H groups in total. The summed E-state index contributed by atoms with van der Waals surface area (Å²) in [5.74, 6) is 0.279. The molecular formula is C23H30N4O2. The fourth-order valence-electron chi connectivity index (χ4n) is 4.21. The van der Waals surface area contributed by atoms with Crippen LogP contribution in [0.25, 0.3) is 0 Å². The molecule has 1 aliphatic heterocycles. The van der Waals surface area contributed by atoms with Gasteiger partial charge in [-0.2, -0.15) is 0 Å². The molecule has 2 aliphatic rings. The summed E-state index contributed by atoms with van der Waals surface area (Å²) < 4.78 is 0. The van der Waals surface area contributed by atoms with E-state index in [-0.39, 0.29) is 17.7 Å². The number of phenolic OH excluding ortho intramolecular Hbond substituents is 1. The Hall–Kier alpha value is -2.44. The van der Waals surface area contributed by atoms with Crippen molar-refractivity contribution in [2.75, 3.05) is 13.1 Å². The Balaban J connectivity index is 1.18. The zero-order valence-electron chi connectivity index (χ0n) is 16.8. The van der Waals surface area contributed by atoms with Crippen molar-refractivity contribution in [3.05, 3.63) is 59.9 Å². The van der Waals surface area contributed by atoms with Gasteiger partial charge in [-0.15, -0.1) is 0 Å². The second-order valence-corrected chi connectivity index (χ2v) is 8.24. The highest BCUT2D eigenvalue weighted by Crippen LogP contribution is 2.23. The number of aromatic hydroxyl groups is 1. The summed E-state index contributed by atoms with van der Waals surface area (Å²) >= 11 is 0. The van der Waals surface area contributed by atoms with E-state index in [9.17, 15) is 9.90 Å². The van der Waals surface area contributed by atoms with Crippen LogP contribution in [-0.4, -0.2) is 52.1 Å². The maximum absolute atomic E-state index is 12.3. The van der Waals surface area contributed by atoms with Gasteiger partial charge >= 0.3 is 0 Å². The number of piperidine rings is 1. The average Bonchev–Trinajstić information content (AvgIpc) is 2.73. The highest BCUT2D eigenvalue weighted by molar-refractivity contribution is 5.79. The molecule has 0 unspecified atom stereocenters. The second-order valence-electron chi connectivity index (χ2n) is 8.24. The molecule has 1 aromatic heterocycles. The lowest BCUT2D eigenvalue weighted by atomic mass is 9.84. The van der Waals surface area contributed by atoms with Crippen molar-refractivity contribution in [3.63, 3.8) is 0 Å². The zero-order chi connectivity index (χ0) is 20.1. The first kappa shape index (κ1) is 19.9. The number of benzene rings is 1. The fourth-order valence-corrected chi connectivity index (χ4v) is 4.21. The molecule has 0 radical (unpaired) electrons. The Morgan fingerprint density at radius 2 is 1.79 bits per heavy atom. The minimum atomic E-state index is 0.0531. The van der Waals surface area contributed by atoms with Crippen molar-refractivity contribution in [3.8, 4) is 5.75 Å². The number of carbonyl (C=O) groups excluding carboxylic acids is 1. The quantitative estimate of drug-likeness (QED) is 0.671. The van der Waals surface area contributed by atoms with Crippen molar-refractivity contribution in [1.82, 2.24) is 20.5 Å². The van der Waals surface area contributed by atoms with Crippen molar-refractivity contribution in [1.29, 1.82) is 0 Å². The first-order chi connectivity index (χ1) is 14.2. The minimum Gasteiger partial charge on any atom is -0.508 e. The Kier molecular flexibility index (Phi) is 6.42. The summed E-state index contributed by atoms with van der Waals surface area (Å²) in [4.78, 5) is 19.2. The third-order valence-corrected chi connectivity index (χ3v) is 6.07. The zero-order valence-corrected chi connectivity index (χ0v) is 16.8. The molecule has 29 heavy (non-hydrogen) atoms. The fraction of sp³-hybridized carbons (Fsp3) is 0.478. The molecule has 1 aromatic carbocycles. The van der Waals surface area contributed by atoms with E-state index in [0.29, 0.717) is 18.5 Å². The number of hydrogen-bond acceptors (Lipinski definition) is 5. The SMILES string of the molecule is O=C(Cc1ccc(O)cc1)N[C@@H]1CC[C@@H]1NC1CCN(Cc2ccccn2)CC1. The average molecular weight is 395 g/mol. The lowest BCUT2D eigenvalue weighted by Gasteiger charge is -2.42. The number of nitrogens with zero attached hydrogens (tertiary/aromatic N) is 2. The Morgan fingerprint density at radius 1 is 1.03 bits per heavy atom. The van der Waals surface area contributed by atoms with Crippen molar-refractivity contribution >= 4 is 5.91 Å². The normalized spacial score (nSPS) is 22.8. The van der Waals surface area contributed by atoms with E-state index >= 15 is 0 Å². The monoisotopic (exact) mass is 394 g/mol. The standard InChI is InChI=1S/C23H30N4O2/c28-20-6-4-17(5-7-20)15-23(29)26-22-9-8-21(22)25-18-10-13-27(14-11-18)16-19-3-1-2-12-24-19/h1-7,12,18,21-22,25,28H,8-11,13-16H2,(H,26,29)/t21-,22+/m0/s1. The van der Waals surface area contributed by atoms with Crippen LogP contribution in [0.5, 0.6) is 5.75 Å². The van der Waals surface area contributed by atoms with Gasteiger partial charge in [0.15, 0.2) is 0 Å². The van der Waals surface area contributed by atoms with E-state index < -0.39 is 0 Å². The van der Waals surface area contributed by atoms with Crippen LogP contribution >= 0.6 is 0 Å². The molecule has 2 aromatic rings. The van der Waals surface area contributed by atoms with Crippen LogP contribution in [-0.2, 0) is 17.8 Å². The van der Waals surface area contributed by atoms with Gasteiger partial charge < -0.3 is 15.7 Å². The molecule has 6 nitrogen and oxygen atoms in total. The summed E-state index contributed by atoms with van der Waals surface area (Å²) in [6.45, 7) is 3.09. The molecule has 1 amide bonds. The first-order valence-corrected chi connectivity index (χ1v) is 10.6. The third kappa shape index (κ3) is 5.55. The smallest absolute Gasteiger partial charge is 0.224 e. The molecule has 154 valence electrons. The van der Waals surface area contributed by atoms with Gasteiger partial charge in [0, 0.05) is 44.0 Å². The van der Waals surface area contributed by atoms with Crippen molar-refractivity contribution < 1.29 is 9.90 Å². The number of hydrogen-bond donors (Lipinski definition) is 3. The first-order valence-electron chi connectivity index (χ1n) is 10.6. The van der Waals surface area contributed by atoms with Gasteiger partial charge in [-0.1, -0.05) is 18.2 Å². The summed E-state index contributed by atoms with van der Waals surface area (Å²) in [7, 11) is 0. The molecule has 2 fully saturated rings. The molecule has 4 rings (SSSR count). The number of rotatable bonds is 7. The van der Waals surface area contributed by atoms with E-state index in [0.717, 1.165) is 56.6 Å². The van der Waals surface area contributed by atoms with E-state index in [1.165, 1.54) is 0 Å². The van der Waals surface area contributed by atoms with Gasteiger partial charge in [0.2, 0.25) is 5.91 Å². The van der Waals surface area contributed by atoms with Gasteiger partial charge in [0.25, 0.3) is 0 Å². The summed E-state index contributed by atoms with van der Waals surface area (Å²) in [6, 6.07) is 14.1. The number of nitrogens with one attached hydrogen (secondary N) is 2. The molecule has 1 aliphatic carbocycles. The summed E-state index contributed by atoms with van der Waals surface area (Å²) in [5, 5.41) is 16.3. The van der Waals surface area contributed by atoms with Gasteiger partial charge in [-0.25, -0.2) is 0 Å². The Bertz CT molecular complexity index is 788. The molecule has 1 saturated heterocycles. The number of likely N-dealkylation sites (tertiary alicyclic amines) is 1. The van der Waals surface area contributed by atoms with Crippen LogP contribution < -0.4 is 10.6 Å². The van der Waals surface area contributed by atoms with E-state index in [1.54, 1.807) is 24.3 Å². The second kappa shape index (κ2) is 9.37. The largest absolute Gasteiger partial charge is 0.508 e. The van der Waals surface area contributed by atoms with Crippen LogP contribution in [0, 0.1) is 0 Å². The lowest BCUT2D eigenvalue weighted by molar-refractivity contribution is -0.122. The lowest BCUT2D eigenvalue weighted by Crippen LogP contribution is -2.60. The Morgan fingerprint density at radius 3 is 2.45 bits per heavy atom. The number of pyridine rings is 1. The number of aromatic nitrogens is 1. The molecule has 2 heterocycles. The minimum absolute atomic E-state index is 0.0531. The van der Waals surface area contributed by atoms with Crippen LogP contribution in [0.4, 0.5) is 0 Å². The van der Waals surface area contributed by atoms with Gasteiger partial charge in [0.05, 0.1) is 12.1 Å². The maximum Gasteiger partial charge on any atom is 0.224 e. The topological polar surface area (TPSA) is 77.5 Å². The van der Waals surface area contributed by atoms with Gasteiger partial charge in [0.1, 0.15) is 5.75 Å². The van der Waals surface area contributed by atoms with Crippen LogP contribution in [0.15, 0.2) is 48.7 Å². The summed E-state index contributed by atoms with van der Waals surface area (Å²) in [6.07, 6.45) is 6.65. The maximum atomic E-state index is 12.3. The van der Waals surface area contributed by atoms with E-state index in [1.807, 2.05) is 18.3 Å². The predicted molar refractivity (Wildman–Crippen MR) is 112 cm³/mol. The van der Waals surface area contributed by atoms with E-state index in [2.05, 4.69) is 26.6 Å². The van der Waals surface area contributed by atoms with Gasteiger partial charge in [-0.05, 0) is 55.5 Å². The highest BCUT2D eigenvalue weighted by atomic mass is 16.3. The van der Waals surface area contributed by atoms with Crippen LogP contribution in [0.2, 0.25) is 0 Å². The molecule has 0 spiro atoms. The molecule has 2 atom stereocenters. The summed E-state index contributed by atoms with van der Waals surface area (Å²) in [5.41, 5.74) is 2.05. The third-order valence-electron chi connectivity index (χ3n) is 6.07. The van der Waals surface area contributed by atoms with Crippen molar-refractivity contribution in [2.24, 2.45) is 0 Å². The van der Waals surface area contributed by atoms with Crippen LogP contribution in [0.3, 0.4) is 0 Å². The molecule has 1 saturated carbocycles. The highest BCUT2D eigenvalue weighted by Gasteiger charge is 2.34. The van der Waals surface area contributed by atoms with Crippen LogP contribution in [0.1, 0.15) is 36.9 Å². The van der Waals surface area contributed by atoms with Gasteiger partial charge in [-0.3, -0.25) is 14.7 Å². The molecular weight excluding hydrogens is 364 g/mol.